The van der Waals surface area contributed by atoms with Gasteiger partial charge in [0.2, 0.25) is 5.91 Å². The summed E-state index contributed by atoms with van der Waals surface area (Å²) in [5, 5.41) is 2.89. The van der Waals surface area contributed by atoms with Crippen molar-refractivity contribution in [1.82, 2.24) is 0 Å². The molecule has 0 aliphatic heterocycles. The summed E-state index contributed by atoms with van der Waals surface area (Å²) >= 11 is 0. The Morgan fingerprint density at radius 2 is 1.81 bits per heavy atom. The molecule has 2 rings (SSSR count). The van der Waals surface area contributed by atoms with Gasteiger partial charge in [-0.05, 0) is 36.8 Å². The number of para-hydroxylation sites is 1. The molecule has 1 amide bonds. The standard InChI is InChI=1S/C20H26N2O3.ClH/c1-15(16(2)21)20(23)22-18-8-6-7-17(13-18)14-24-11-12-25-19-9-4-3-5-10-19;/h3-10,13,15-16H,11-12,14,21H2,1-2H3,(H,22,23);1H. The Morgan fingerprint density at radius 1 is 1.08 bits per heavy atom. The predicted molar refractivity (Wildman–Crippen MR) is 107 cm³/mol. The number of halogens is 1. The van der Waals surface area contributed by atoms with E-state index in [-0.39, 0.29) is 30.3 Å². The summed E-state index contributed by atoms with van der Waals surface area (Å²) in [6.45, 7) is 5.09. The van der Waals surface area contributed by atoms with Crippen molar-refractivity contribution in [3.63, 3.8) is 0 Å². The molecule has 0 aliphatic carbocycles. The van der Waals surface area contributed by atoms with Crippen molar-refractivity contribution in [3.05, 3.63) is 60.2 Å². The fourth-order valence-electron chi connectivity index (χ4n) is 2.16. The first-order chi connectivity index (χ1) is 12.1. The van der Waals surface area contributed by atoms with Crippen LogP contribution in [0.1, 0.15) is 19.4 Å². The van der Waals surface area contributed by atoms with Crippen molar-refractivity contribution in [2.45, 2.75) is 26.5 Å². The monoisotopic (exact) mass is 378 g/mol. The molecule has 0 bridgehead atoms. The third-order valence-corrected chi connectivity index (χ3v) is 3.91. The minimum absolute atomic E-state index is 0. The van der Waals surface area contributed by atoms with E-state index in [1.165, 1.54) is 0 Å². The van der Waals surface area contributed by atoms with Crippen LogP contribution in [0, 0.1) is 5.92 Å². The van der Waals surface area contributed by atoms with E-state index >= 15 is 0 Å². The minimum atomic E-state index is -0.241. The van der Waals surface area contributed by atoms with Crippen molar-refractivity contribution < 1.29 is 14.3 Å². The molecule has 0 heterocycles. The molecule has 0 aliphatic rings. The number of ether oxygens (including phenoxy) is 2. The van der Waals surface area contributed by atoms with Gasteiger partial charge in [0.25, 0.3) is 0 Å². The number of amides is 1. The average Bonchev–Trinajstić information content (AvgIpc) is 2.62. The van der Waals surface area contributed by atoms with E-state index in [9.17, 15) is 4.79 Å². The van der Waals surface area contributed by atoms with Gasteiger partial charge in [0.1, 0.15) is 12.4 Å². The molecule has 6 heteroatoms. The van der Waals surface area contributed by atoms with Gasteiger partial charge in [-0.25, -0.2) is 0 Å². The van der Waals surface area contributed by atoms with E-state index in [0.717, 1.165) is 17.0 Å². The molecule has 2 aromatic carbocycles. The Balaban J connectivity index is 0.00000338. The summed E-state index contributed by atoms with van der Waals surface area (Å²) in [7, 11) is 0. The van der Waals surface area contributed by atoms with E-state index in [1.807, 2.05) is 68.4 Å². The summed E-state index contributed by atoms with van der Waals surface area (Å²) in [6.07, 6.45) is 0. The maximum atomic E-state index is 12.1. The number of carbonyl (C=O) groups is 1. The summed E-state index contributed by atoms with van der Waals surface area (Å²) < 4.78 is 11.2. The number of nitrogens with two attached hydrogens (primary N) is 1. The predicted octanol–water partition coefficient (Wildman–Crippen LogP) is 3.63. The Labute approximate surface area is 161 Å². The molecule has 0 saturated heterocycles. The summed E-state index contributed by atoms with van der Waals surface area (Å²) in [6, 6.07) is 17.1. The minimum Gasteiger partial charge on any atom is -0.491 e. The zero-order valence-electron chi connectivity index (χ0n) is 15.2. The second-order valence-corrected chi connectivity index (χ2v) is 6.05. The van der Waals surface area contributed by atoms with Crippen molar-refractivity contribution >= 4 is 24.0 Å². The molecule has 2 unspecified atom stereocenters. The van der Waals surface area contributed by atoms with Crippen LogP contribution in [0.25, 0.3) is 0 Å². The maximum absolute atomic E-state index is 12.1. The normalized spacial score (nSPS) is 12.6. The molecular formula is C20H27ClN2O3. The van der Waals surface area contributed by atoms with Gasteiger partial charge in [-0.15, -0.1) is 12.4 Å². The van der Waals surface area contributed by atoms with Gasteiger partial charge < -0.3 is 20.5 Å². The van der Waals surface area contributed by atoms with Crippen LogP contribution in [0.5, 0.6) is 5.75 Å². The van der Waals surface area contributed by atoms with Crippen LogP contribution in [0.3, 0.4) is 0 Å². The maximum Gasteiger partial charge on any atom is 0.228 e. The molecule has 26 heavy (non-hydrogen) atoms. The number of carbonyl (C=O) groups excluding carboxylic acids is 1. The highest BCUT2D eigenvalue weighted by molar-refractivity contribution is 5.92. The molecule has 142 valence electrons. The van der Waals surface area contributed by atoms with Gasteiger partial charge in [-0.1, -0.05) is 37.3 Å². The van der Waals surface area contributed by atoms with Gasteiger partial charge in [0.15, 0.2) is 0 Å². The smallest absolute Gasteiger partial charge is 0.228 e. The molecule has 0 radical (unpaired) electrons. The van der Waals surface area contributed by atoms with Crippen LogP contribution in [-0.2, 0) is 16.1 Å². The molecule has 3 N–H and O–H groups in total. The van der Waals surface area contributed by atoms with Crippen molar-refractivity contribution in [2.24, 2.45) is 11.7 Å². The highest BCUT2D eigenvalue weighted by atomic mass is 35.5. The first-order valence-electron chi connectivity index (χ1n) is 8.47. The molecule has 2 aromatic rings. The summed E-state index contributed by atoms with van der Waals surface area (Å²) in [4.78, 5) is 12.1. The van der Waals surface area contributed by atoms with Crippen LogP contribution in [0.4, 0.5) is 5.69 Å². The van der Waals surface area contributed by atoms with E-state index in [1.54, 1.807) is 0 Å². The van der Waals surface area contributed by atoms with E-state index in [2.05, 4.69) is 5.32 Å². The Bertz CT molecular complexity index is 665. The fourth-order valence-corrected chi connectivity index (χ4v) is 2.16. The van der Waals surface area contributed by atoms with Gasteiger partial charge in [-0.3, -0.25) is 4.79 Å². The molecule has 2 atom stereocenters. The number of benzene rings is 2. The Morgan fingerprint density at radius 3 is 2.50 bits per heavy atom. The third kappa shape index (κ3) is 7.44. The lowest BCUT2D eigenvalue weighted by Gasteiger charge is -2.15. The average molecular weight is 379 g/mol. The largest absolute Gasteiger partial charge is 0.491 e. The molecule has 0 spiro atoms. The van der Waals surface area contributed by atoms with E-state index in [4.69, 9.17) is 15.2 Å². The highest BCUT2D eigenvalue weighted by Gasteiger charge is 2.16. The Hall–Kier alpha value is -2.08. The number of rotatable bonds is 9. The van der Waals surface area contributed by atoms with Crippen molar-refractivity contribution in [3.8, 4) is 5.75 Å². The lowest BCUT2D eigenvalue weighted by Crippen LogP contribution is -2.34. The van der Waals surface area contributed by atoms with Crippen molar-refractivity contribution in [1.29, 1.82) is 0 Å². The van der Waals surface area contributed by atoms with Gasteiger partial charge in [0, 0.05) is 11.7 Å². The zero-order valence-corrected chi connectivity index (χ0v) is 16.0. The first-order valence-corrected chi connectivity index (χ1v) is 8.47. The number of hydrogen-bond donors (Lipinski definition) is 2. The molecule has 5 nitrogen and oxygen atoms in total. The van der Waals surface area contributed by atoms with Crippen LogP contribution < -0.4 is 15.8 Å². The van der Waals surface area contributed by atoms with Gasteiger partial charge in [-0.2, -0.15) is 0 Å². The molecule has 0 fully saturated rings. The zero-order chi connectivity index (χ0) is 18.1. The van der Waals surface area contributed by atoms with Crippen LogP contribution in [0.15, 0.2) is 54.6 Å². The SMILES string of the molecule is CC(N)C(C)C(=O)Nc1cccc(COCCOc2ccccc2)c1.Cl. The van der Waals surface area contributed by atoms with Crippen LogP contribution in [0.2, 0.25) is 0 Å². The van der Waals surface area contributed by atoms with Gasteiger partial charge >= 0.3 is 0 Å². The lowest BCUT2D eigenvalue weighted by atomic mass is 10.0. The second kappa shape index (κ2) is 11.5. The first kappa shape index (κ1) is 22.0. The third-order valence-electron chi connectivity index (χ3n) is 3.91. The van der Waals surface area contributed by atoms with Crippen molar-refractivity contribution in [2.75, 3.05) is 18.5 Å². The highest BCUT2D eigenvalue weighted by Crippen LogP contribution is 2.14. The van der Waals surface area contributed by atoms with E-state index < -0.39 is 0 Å². The lowest BCUT2D eigenvalue weighted by molar-refractivity contribution is -0.119. The Kier molecular flexibility index (Phi) is 9.73. The van der Waals surface area contributed by atoms with Crippen LogP contribution in [-0.4, -0.2) is 25.2 Å². The second-order valence-electron chi connectivity index (χ2n) is 6.05. The summed E-state index contributed by atoms with van der Waals surface area (Å²) in [5.74, 6) is 0.512. The number of anilines is 1. The molecule has 0 saturated carbocycles. The quantitative estimate of drug-likeness (QED) is 0.653. The number of hydrogen-bond acceptors (Lipinski definition) is 4. The molecule has 0 aromatic heterocycles. The summed E-state index contributed by atoms with van der Waals surface area (Å²) in [5.41, 5.74) is 7.50. The number of nitrogens with one attached hydrogen (secondary N) is 1. The molecular weight excluding hydrogens is 352 g/mol. The van der Waals surface area contributed by atoms with E-state index in [0.29, 0.717) is 19.8 Å². The van der Waals surface area contributed by atoms with Gasteiger partial charge in [0.05, 0.1) is 19.1 Å². The van der Waals surface area contributed by atoms with Crippen LogP contribution >= 0.6 is 12.4 Å². The topological polar surface area (TPSA) is 73.6 Å². The fraction of sp³-hybridized carbons (Fsp3) is 0.350.